The highest BCUT2D eigenvalue weighted by Crippen LogP contribution is 2.48. The molecule has 1 fully saturated rings. The summed E-state index contributed by atoms with van der Waals surface area (Å²) < 4.78 is 0. The van der Waals surface area contributed by atoms with Gasteiger partial charge in [-0.2, -0.15) is 0 Å². The molecule has 21 heavy (non-hydrogen) atoms. The van der Waals surface area contributed by atoms with Gasteiger partial charge in [-0.3, -0.25) is 4.79 Å². The second kappa shape index (κ2) is 6.57. The quantitative estimate of drug-likeness (QED) is 0.790. The number of nitrogens with one attached hydrogen (secondary N) is 1. The van der Waals surface area contributed by atoms with Crippen LogP contribution in [0.25, 0.3) is 0 Å². The molecule has 0 heterocycles. The molecule has 2 N–H and O–H groups in total. The van der Waals surface area contributed by atoms with Crippen molar-refractivity contribution in [2.75, 3.05) is 0 Å². The summed E-state index contributed by atoms with van der Waals surface area (Å²) in [6, 6.07) is 7.19. The molecule has 3 atom stereocenters. The van der Waals surface area contributed by atoms with Crippen LogP contribution in [0.4, 0.5) is 0 Å². The van der Waals surface area contributed by atoms with Gasteiger partial charge in [-0.25, -0.2) is 4.79 Å². The Bertz CT molecular complexity index is 565. The van der Waals surface area contributed by atoms with E-state index in [2.05, 4.69) is 5.32 Å². The van der Waals surface area contributed by atoms with E-state index in [0.717, 1.165) is 6.42 Å². The van der Waals surface area contributed by atoms with Crippen LogP contribution in [0.3, 0.4) is 0 Å². The number of carbonyl (C=O) groups excluding carboxylic acids is 1. The van der Waals surface area contributed by atoms with E-state index in [4.69, 9.17) is 5.11 Å². The fourth-order valence-electron chi connectivity index (χ4n) is 2.60. The minimum absolute atomic E-state index is 0.0986. The van der Waals surface area contributed by atoms with Crippen LogP contribution in [0.1, 0.15) is 36.8 Å². The molecule has 1 amide bonds. The summed E-state index contributed by atoms with van der Waals surface area (Å²) >= 11 is 0. The van der Waals surface area contributed by atoms with Gasteiger partial charge >= 0.3 is 5.97 Å². The Kier molecular flexibility index (Phi) is 4.78. The molecule has 0 bridgehead atoms. The summed E-state index contributed by atoms with van der Waals surface area (Å²) in [7, 11) is 0. The first-order valence-corrected chi connectivity index (χ1v) is 7.24. The summed E-state index contributed by atoms with van der Waals surface area (Å²) in [6.45, 7) is 3.87. The van der Waals surface area contributed by atoms with Gasteiger partial charge in [-0.05, 0) is 43.7 Å². The standard InChI is InChI=1S/C17H21NO3/c1-3-4-9-15(17(20)21)18-16(19)14-10-13(14)12-8-6-5-7-11(12)2/h3-8,13-15H,9-10H2,1-2H3,(H,18,19)(H,20,21)/b4-3+. The Hall–Kier alpha value is -2.10. The van der Waals surface area contributed by atoms with Gasteiger partial charge in [0.25, 0.3) is 0 Å². The molecule has 3 unspecified atom stereocenters. The molecular formula is C17H21NO3. The number of hydrogen-bond acceptors (Lipinski definition) is 2. The number of benzene rings is 1. The number of carboxylic acid groups (broad SMARTS) is 1. The van der Waals surface area contributed by atoms with Crippen LogP contribution in [0.2, 0.25) is 0 Å². The highest BCUT2D eigenvalue weighted by atomic mass is 16.4. The zero-order valence-electron chi connectivity index (χ0n) is 12.4. The molecule has 1 aromatic carbocycles. The van der Waals surface area contributed by atoms with Crippen molar-refractivity contribution in [3.8, 4) is 0 Å². The highest BCUT2D eigenvalue weighted by Gasteiger charge is 2.45. The molecule has 0 spiro atoms. The van der Waals surface area contributed by atoms with Crippen molar-refractivity contribution >= 4 is 11.9 Å². The molecule has 0 radical (unpaired) electrons. The van der Waals surface area contributed by atoms with Crippen molar-refractivity contribution in [2.45, 2.75) is 38.6 Å². The maximum absolute atomic E-state index is 12.2. The average molecular weight is 287 g/mol. The summed E-state index contributed by atoms with van der Waals surface area (Å²) in [5.74, 6) is -1.02. The van der Waals surface area contributed by atoms with Crippen LogP contribution in [-0.2, 0) is 9.59 Å². The third kappa shape index (κ3) is 3.72. The van der Waals surface area contributed by atoms with E-state index in [0.29, 0.717) is 6.42 Å². The third-order valence-corrected chi connectivity index (χ3v) is 3.94. The van der Waals surface area contributed by atoms with Crippen molar-refractivity contribution in [1.29, 1.82) is 0 Å². The van der Waals surface area contributed by atoms with Gasteiger partial charge in [-0.1, -0.05) is 36.4 Å². The first kappa shape index (κ1) is 15.3. The Morgan fingerprint density at radius 2 is 2.14 bits per heavy atom. The van der Waals surface area contributed by atoms with E-state index >= 15 is 0 Å². The maximum Gasteiger partial charge on any atom is 0.326 e. The van der Waals surface area contributed by atoms with Crippen molar-refractivity contribution in [3.05, 3.63) is 47.5 Å². The second-order valence-corrected chi connectivity index (χ2v) is 5.51. The van der Waals surface area contributed by atoms with Gasteiger partial charge in [0, 0.05) is 5.92 Å². The minimum Gasteiger partial charge on any atom is -0.480 e. The van der Waals surface area contributed by atoms with Crippen molar-refractivity contribution in [1.82, 2.24) is 5.32 Å². The third-order valence-electron chi connectivity index (χ3n) is 3.94. The van der Waals surface area contributed by atoms with E-state index in [-0.39, 0.29) is 17.7 Å². The predicted molar refractivity (Wildman–Crippen MR) is 81.0 cm³/mol. The molecule has 1 aliphatic carbocycles. The predicted octanol–water partition coefficient (Wildman–Crippen LogP) is 2.63. The molecule has 4 nitrogen and oxygen atoms in total. The summed E-state index contributed by atoms with van der Waals surface area (Å²) in [5, 5.41) is 11.8. The van der Waals surface area contributed by atoms with Gasteiger partial charge in [-0.15, -0.1) is 0 Å². The molecule has 0 aliphatic heterocycles. The Morgan fingerprint density at radius 1 is 1.43 bits per heavy atom. The number of hydrogen-bond donors (Lipinski definition) is 2. The number of carbonyl (C=O) groups is 2. The van der Waals surface area contributed by atoms with Crippen molar-refractivity contribution in [2.24, 2.45) is 5.92 Å². The SMILES string of the molecule is C/C=C/CC(NC(=O)C1CC1c1ccccc1C)C(=O)O. The number of aryl methyl sites for hydroxylation is 1. The Morgan fingerprint density at radius 3 is 2.76 bits per heavy atom. The number of carboxylic acids is 1. The molecule has 112 valence electrons. The van der Waals surface area contributed by atoms with E-state index < -0.39 is 12.0 Å². The minimum atomic E-state index is -0.991. The van der Waals surface area contributed by atoms with E-state index in [1.54, 1.807) is 12.2 Å². The first-order valence-electron chi connectivity index (χ1n) is 7.24. The first-order chi connectivity index (χ1) is 10.0. The van der Waals surface area contributed by atoms with Crippen LogP contribution in [0.15, 0.2) is 36.4 Å². The summed E-state index contributed by atoms with van der Waals surface area (Å²) in [6.07, 6.45) is 4.66. The van der Waals surface area contributed by atoms with Crippen LogP contribution < -0.4 is 5.32 Å². The fraction of sp³-hybridized carbons (Fsp3) is 0.412. The lowest BCUT2D eigenvalue weighted by Crippen LogP contribution is -2.41. The largest absolute Gasteiger partial charge is 0.480 e. The number of amides is 1. The van der Waals surface area contributed by atoms with Crippen LogP contribution >= 0.6 is 0 Å². The monoisotopic (exact) mass is 287 g/mol. The van der Waals surface area contributed by atoms with E-state index in [9.17, 15) is 9.59 Å². The van der Waals surface area contributed by atoms with Crippen LogP contribution in [0.5, 0.6) is 0 Å². The van der Waals surface area contributed by atoms with Gasteiger partial charge in [0.15, 0.2) is 0 Å². The lowest BCUT2D eigenvalue weighted by atomic mass is 10.0. The van der Waals surface area contributed by atoms with Gasteiger partial charge < -0.3 is 10.4 Å². The van der Waals surface area contributed by atoms with Crippen molar-refractivity contribution < 1.29 is 14.7 Å². The molecule has 0 aromatic heterocycles. The molecule has 0 saturated heterocycles. The fourth-order valence-corrected chi connectivity index (χ4v) is 2.60. The molecular weight excluding hydrogens is 266 g/mol. The molecule has 1 aromatic rings. The topological polar surface area (TPSA) is 66.4 Å². The van der Waals surface area contributed by atoms with Gasteiger partial charge in [0.1, 0.15) is 6.04 Å². The lowest BCUT2D eigenvalue weighted by Gasteiger charge is -2.13. The van der Waals surface area contributed by atoms with Gasteiger partial charge in [0.05, 0.1) is 0 Å². The Balaban J connectivity index is 1.96. The van der Waals surface area contributed by atoms with Crippen LogP contribution in [0, 0.1) is 12.8 Å². The molecule has 4 heteroatoms. The lowest BCUT2D eigenvalue weighted by molar-refractivity contribution is -0.141. The smallest absolute Gasteiger partial charge is 0.326 e. The summed E-state index contributed by atoms with van der Waals surface area (Å²) in [4.78, 5) is 23.3. The zero-order valence-corrected chi connectivity index (χ0v) is 12.4. The second-order valence-electron chi connectivity index (χ2n) is 5.51. The van der Waals surface area contributed by atoms with E-state index in [1.165, 1.54) is 11.1 Å². The molecule has 1 aliphatic rings. The Labute approximate surface area is 124 Å². The average Bonchev–Trinajstić information content (AvgIpc) is 3.23. The zero-order chi connectivity index (χ0) is 15.4. The maximum atomic E-state index is 12.2. The van der Waals surface area contributed by atoms with Gasteiger partial charge in [0.2, 0.25) is 5.91 Å². The number of aliphatic carboxylic acids is 1. The number of allylic oxidation sites excluding steroid dienone is 1. The normalized spacial score (nSPS) is 22.0. The number of rotatable bonds is 6. The molecule has 1 saturated carbocycles. The van der Waals surface area contributed by atoms with Crippen molar-refractivity contribution in [3.63, 3.8) is 0 Å². The highest BCUT2D eigenvalue weighted by molar-refractivity contribution is 5.87. The van der Waals surface area contributed by atoms with E-state index in [1.807, 2.05) is 38.1 Å². The molecule has 2 rings (SSSR count). The summed E-state index contributed by atoms with van der Waals surface area (Å²) in [5.41, 5.74) is 2.37. The van der Waals surface area contributed by atoms with Crippen LogP contribution in [-0.4, -0.2) is 23.0 Å².